The van der Waals surface area contributed by atoms with Crippen LogP contribution in [0.15, 0.2) is 0 Å². The van der Waals surface area contributed by atoms with Gasteiger partial charge in [0.25, 0.3) is 0 Å². The van der Waals surface area contributed by atoms with Crippen LogP contribution < -0.4 is 5.73 Å². The van der Waals surface area contributed by atoms with Crippen LogP contribution in [0.5, 0.6) is 0 Å². The smallest absolute Gasteiger partial charge is 0.224 e. The first-order valence-corrected chi connectivity index (χ1v) is 6.56. The van der Waals surface area contributed by atoms with Gasteiger partial charge in [0.15, 0.2) is 0 Å². The van der Waals surface area contributed by atoms with Crippen LogP contribution in [0.3, 0.4) is 0 Å². The van der Waals surface area contributed by atoms with Gasteiger partial charge < -0.3 is 10.6 Å². The normalized spacial score (nSPS) is 15.8. The molecule has 0 saturated carbocycles. The zero-order chi connectivity index (χ0) is 13.8. The van der Waals surface area contributed by atoms with Gasteiger partial charge in [-0.25, -0.2) is 0 Å². The fraction of sp³-hybridized carbons (Fsp3) is 0.929. The molecule has 0 aliphatic rings. The predicted molar refractivity (Wildman–Crippen MR) is 73.7 cm³/mol. The number of nitrogens with two attached hydrogens (primary N) is 1. The highest BCUT2D eigenvalue weighted by atomic mass is 16.2. The van der Waals surface area contributed by atoms with Gasteiger partial charge in [0, 0.05) is 25.6 Å². The van der Waals surface area contributed by atoms with E-state index < -0.39 is 0 Å². The van der Waals surface area contributed by atoms with Gasteiger partial charge in [0.1, 0.15) is 0 Å². The van der Waals surface area contributed by atoms with Crippen molar-refractivity contribution in [2.24, 2.45) is 17.1 Å². The number of amides is 1. The topological polar surface area (TPSA) is 46.3 Å². The summed E-state index contributed by atoms with van der Waals surface area (Å²) in [6.07, 6.45) is 1.33. The van der Waals surface area contributed by atoms with Gasteiger partial charge in [-0.3, -0.25) is 4.79 Å². The van der Waals surface area contributed by atoms with E-state index in [1.54, 1.807) is 0 Å². The Balaban J connectivity index is 4.26. The molecule has 0 fully saturated rings. The maximum Gasteiger partial charge on any atom is 0.224 e. The van der Waals surface area contributed by atoms with Gasteiger partial charge in [-0.05, 0) is 24.7 Å². The second-order valence-corrected chi connectivity index (χ2v) is 6.72. The van der Waals surface area contributed by atoms with Crippen LogP contribution in [0.4, 0.5) is 0 Å². The Labute approximate surface area is 107 Å². The molecule has 2 atom stereocenters. The lowest BCUT2D eigenvalue weighted by atomic mass is 9.87. The first-order chi connectivity index (χ1) is 7.54. The molecule has 2 N–H and O–H groups in total. The minimum Gasteiger partial charge on any atom is -0.343 e. The number of rotatable bonds is 5. The molecule has 0 aromatic carbocycles. The lowest BCUT2D eigenvalue weighted by molar-refractivity contribution is -0.132. The Hall–Kier alpha value is -0.570. The molecule has 0 aliphatic carbocycles. The van der Waals surface area contributed by atoms with E-state index in [9.17, 15) is 4.79 Å². The lowest BCUT2D eigenvalue weighted by Gasteiger charge is -2.30. The Morgan fingerprint density at radius 2 is 1.71 bits per heavy atom. The fourth-order valence-corrected chi connectivity index (χ4v) is 1.90. The summed E-state index contributed by atoms with van der Waals surface area (Å²) in [5, 5.41) is 0. The molecule has 0 aliphatic heterocycles. The molecule has 0 rings (SSSR count). The molecule has 0 spiro atoms. The summed E-state index contributed by atoms with van der Waals surface area (Å²) in [4.78, 5) is 13.9. The van der Waals surface area contributed by atoms with E-state index in [4.69, 9.17) is 5.73 Å². The quantitative estimate of drug-likeness (QED) is 0.805. The number of carbonyl (C=O) groups excluding carboxylic acids is 1. The molecule has 2 unspecified atom stereocenters. The van der Waals surface area contributed by atoms with E-state index >= 15 is 0 Å². The third-order valence-corrected chi connectivity index (χ3v) is 3.28. The average molecular weight is 242 g/mol. The molecular weight excluding hydrogens is 212 g/mol. The van der Waals surface area contributed by atoms with E-state index in [1.807, 2.05) is 11.9 Å². The molecule has 102 valence electrons. The van der Waals surface area contributed by atoms with Crippen LogP contribution in [0.1, 0.15) is 54.4 Å². The van der Waals surface area contributed by atoms with Crippen LogP contribution >= 0.6 is 0 Å². The minimum atomic E-state index is -0.0377. The van der Waals surface area contributed by atoms with Gasteiger partial charge in [0.05, 0.1) is 0 Å². The van der Waals surface area contributed by atoms with E-state index in [0.717, 1.165) is 6.42 Å². The predicted octanol–water partition coefficient (Wildman–Crippen LogP) is 2.64. The SMILES string of the molecule is CC(C)C(C)N(C)C(=O)CC(N)CC(C)(C)C. The van der Waals surface area contributed by atoms with Crippen molar-refractivity contribution in [1.29, 1.82) is 0 Å². The molecule has 3 nitrogen and oxygen atoms in total. The number of hydrogen-bond donors (Lipinski definition) is 1. The van der Waals surface area contributed by atoms with Gasteiger partial charge in [0.2, 0.25) is 5.91 Å². The Bertz CT molecular complexity index is 243. The number of nitrogens with zero attached hydrogens (tertiary/aromatic N) is 1. The standard InChI is InChI=1S/C14H30N2O/c1-10(2)11(3)16(7)13(17)8-12(15)9-14(4,5)6/h10-12H,8-9,15H2,1-7H3. The Kier molecular flexibility index (Phi) is 6.17. The second-order valence-electron chi connectivity index (χ2n) is 6.72. The molecule has 3 heteroatoms. The van der Waals surface area contributed by atoms with Crippen molar-refractivity contribution in [2.45, 2.75) is 66.5 Å². The van der Waals surface area contributed by atoms with Crippen molar-refractivity contribution in [3.63, 3.8) is 0 Å². The zero-order valence-corrected chi connectivity index (χ0v) is 12.6. The number of hydrogen-bond acceptors (Lipinski definition) is 2. The Morgan fingerprint density at radius 3 is 2.06 bits per heavy atom. The fourth-order valence-electron chi connectivity index (χ4n) is 1.90. The summed E-state index contributed by atoms with van der Waals surface area (Å²) in [6, 6.07) is 0.230. The van der Waals surface area contributed by atoms with Gasteiger partial charge in [-0.1, -0.05) is 34.6 Å². The van der Waals surface area contributed by atoms with Gasteiger partial charge >= 0.3 is 0 Å². The van der Waals surface area contributed by atoms with Crippen LogP contribution in [0.25, 0.3) is 0 Å². The molecule has 0 aromatic heterocycles. The average Bonchev–Trinajstić information content (AvgIpc) is 2.11. The van der Waals surface area contributed by atoms with Crippen molar-refractivity contribution in [1.82, 2.24) is 4.90 Å². The molecule has 0 bridgehead atoms. The maximum atomic E-state index is 12.0. The molecule has 1 amide bonds. The van der Waals surface area contributed by atoms with Crippen molar-refractivity contribution >= 4 is 5.91 Å². The summed E-state index contributed by atoms with van der Waals surface area (Å²) in [6.45, 7) is 12.8. The van der Waals surface area contributed by atoms with E-state index in [0.29, 0.717) is 12.3 Å². The highest BCUT2D eigenvalue weighted by Gasteiger charge is 2.23. The van der Waals surface area contributed by atoms with Crippen molar-refractivity contribution in [3.8, 4) is 0 Å². The largest absolute Gasteiger partial charge is 0.343 e. The zero-order valence-electron chi connectivity index (χ0n) is 12.6. The van der Waals surface area contributed by atoms with Crippen LogP contribution in [0.2, 0.25) is 0 Å². The van der Waals surface area contributed by atoms with E-state index in [-0.39, 0.29) is 23.4 Å². The molecule has 0 saturated heterocycles. The summed E-state index contributed by atoms with van der Waals surface area (Å²) in [5.41, 5.74) is 6.21. The third kappa shape index (κ3) is 6.67. The Morgan fingerprint density at radius 1 is 1.24 bits per heavy atom. The van der Waals surface area contributed by atoms with Crippen LogP contribution in [-0.4, -0.2) is 29.9 Å². The van der Waals surface area contributed by atoms with Crippen molar-refractivity contribution < 1.29 is 4.79 Å². The summed E-state index contributed by atoms with van der Waals surface area (Å²) in [7, 11) is 1.87. The third-order valence-electron chi connectivity index (χ3n) is 3.28. The highest BCUT2D eigenvalue weighted by Crippen LogP contribution is 2.21. The minimum absolute atomic E-state index is 0.0377. The second kappa shape index (κ2) is 6.39. The van der Waals surface area contributed by atoms with E-state index in [2.05, 4.69) is 41.5 Å². The van der Waals surface area contributed by atoms with Crippen molar-refractivity contribution in [2.75, 3.05) is 7.05 Å². The van der Waals surface area contributed by atoms with Crippen LogP contribution in [0, 0.1) is 11.3 Å². The van der Waals surface area contributed by atoms with E-state index in [1.165, 1.54) is 0 Å². The molecule has 0 radical (unpaired) electrons. The summed E-state index contributed by atoms with van der Waals surface area (Å²) < 4.78 is 0. The summed E-state index contributed by atoms with van der Waals surface area (Å²) in [5.74, 6) is 0.630. The first kappa shape index (κ1) is 16.4. The monoisotopic (exact) mass is 242 g/mol. The number of carbonyl (C=O) groups is 1. The van der Waals surface area contributed by atoms with Gasteiger partial charge in [-0.15, -0.1) is 0 Å². The molecule has 17 heavy (non-hydrogen) atoms. The van der Waals surface area contributed by atoms with Gasteiger partial charge in [-0.2, -0.15) is 0 Å². The molecule has 0 heterocycles. The summed E-state index contributed by atoms with van der Waals surface area (Å²) >= 11 is 0. The van der Waals surface area contributed by atoms with Crippen LogP contribution in [-0.2, 0) is 4.79 Å². The lowest BCUT2D eigenvalue weighted by Crippen LogP contribution is -2.41. The first-order valence-electron chi connectivity index (χ1n) is 6.56. The molecule has 0 aromatic rings. The highest BCUT2D eigenvalue weighted by molar-refractivity contribution is 5.76. The molecular formula is C14H30N2O. The van der Waals surface area contributed by atoms with Crippen molar-refractivity contribution in [3.05, 3.63) is 0 Å². The maximum absolute atomic E-state index is 12.0.